The van der Waals surface area contributed by atoms with Crippen LogP contribution in [0.4, 0.5) is 13.2 Å². The average molecular weight is 278 g/mol. The Morgan fingerprint density at radius 3 is 2.67 bits per heavy atom. The van der Waals surface area contributed by atoms with E-state index in [2.05, 4.69) is 17.2 Å². The summed E-state index contributed by atoms with van der Waals surface area (Å²) in [6.45, 7) is 5.01. The summed E-state index contributed by atoms with van der Waals surface area (Å²) in [5.41, 5.74) is 0. The second-order valence-corrected chi connectivity index (χ2v) is 5.94. The highest BCUT2D eigenvalue weighted by Crippen LogP contribution is 2.48. The number of nitrogens with one attached hydrogen (secondary N) is 1. The summed E-state index contributed by atoms with van der Waals surface area (Å²) < 4.78 is 37.6. The Kier molecular flexibility index (Phi) is 3.96. The maximum atomic E-state index is 12.5. The molecule has 1 aromatic heterocycles. The van der Waals surface area contributed by atoms with Crippen LogP contribution in [0.2, 0.25) is 0 Å². The Morgan fingerprint density at radius 2 is 2.22 bits per heavy atom. The molecule has 3 atom stereocenters. The zero-order valence-electron chi connectivity index (χ0n) is 10.4. The summed E-state index contributed by atoms with van der Waals surface area (Å²) in [5, 5.41) is 2.60. The van der Waals surface area contributed by atoms with Crippen molar-refractivity contribution in [1.29, 1.82) is 0 Å². The van der Waals surface area contributed by atoms with Crippen molar-refractivity contribution in [2.75, 3.05) is 6.54 Å². The van der Waals surface area contributed by atoms with E-state index in [9.17, 15) is 13.2 Å². The molecule has 1 aliphatic carbocycles. The average Bonchev–Trinajstić information content (AvgIpc) is 2.81. The van der Waals surface area contributed by atoms with E-state index in [1.54, 1.807) is 0 Å². The lowest BCUT2D eigenvalue weighted by Crippen LogP contribution is -2.23. The molecule has 1 aromatic rings. The van der Waals surface area contributed by atoms with E-state index in [1.165, 1.54) is 6.20 Å². The molecule has 1 heterocycles. The van der Waals surface area contributed by atoms with E-state index in [4.69, 9.17) is 0 Å². The topological polar surface area (TPSA) is 24.9 Å². The number of alkyl halides is 3. The minimum absolute atomic E-state index is 0.0357. The molecular weight excluding hydrogens is 261 g/mol. The highest BCUT2D eigenvalue weighted by atomic mass is 32.1. The van der Waals surface area contributed by atoms with Crippen molar-refractivity contribution in [2.45, 2.75) is 38.9 Å². The quantitative estimate of drug-likeness (QED) is 0.884. The normalized spacial score (nSPS) is 25.2. The summed E-state index contributed by atoms with van der Waals surface area (Å²) in [5.74, 6) is 1.05. The van der Waals surface area contributed by atoms with Gasteiger partial charge in [-0.1, -0.05) is 13.8 Å². The van der Waals surface area contributed by atoms with Gasteiger partial charge in [-0.15, -0.1) is 11.3 Å². The van der Waals surface area contributed by atoms with E-state index in [-0.39, 0.29) is 6.04 Å². The van der Waals surface area contributed by atoms with Gasteiger partial charge in [0.1, 0.15) is 0 Å². The van der Waals surface area contributed by atoms with Gasteiger partial charge in [0.05, 0.1) is 0 Å². The van der Waals surface area contributed by atoms with Crippen LogP contribution in [0.25, 0.3) is 0 Å². The van der Waals surface area contributed by atoms with Gasteiger partial charge in [0, 0.05) is 17.1 Å². The molecule has 0 radical (unpaired) electrons. The van der Waals surface area contributed by atoms with Gasteiger partial charge < -0.3 is 5.32 Å². The first-order valence-corrected chi connectivity index (χ1v) is 7.01. The van der Waals surface area contributed by atoms with Crippen molar-refractivity contribution in [3.05, 3.63) is 16.1 Å². The first-order valence-electron chi connectivity index (χ1n) is 6.19. The Hall–Kier alpha value is -0.620. The fourth-order valence-electron chi connectivity index (χ4n) is 2.14. The number of nitrogens with zero attached hydrogens (tertiary/aromatic N) is 1. The number of hydrogen-bond acceptors (Lipinski definition) is 3. The van der Waals surface area contributed by atoms with Gasteiger partial charge in [0.2, 0.25) is 0 Å². The Bertz CT molecular complexity index is 402. The fourth-order valence-corrected chi connectivity index (χ4v) is 3.07. The molecule has 2 nitrogen and oxygen atoms in total. The van der Waals surface area contributed by atoms with Crippen LogP contribution >= 0.6 is 11.3 Å². The minimum atomic E-state index is -4.33. The molecular formula is C12H17F3N2S. The number of hydrogen-bond donors (Lipinski definition) is 1. The first kappa shape index (κ1) is 13.8. The summed E-state index contributed by atoms with van der Waals surface area (Å²) in [7, 11) is 0. The predicted molar refractivity (Wildman–Crippen MR) is 65.4 cm³/mol. The third kappa shape index (κ3) is 3.03. The van der Waals surface area contributed by atoms with Crippen LogP contribution in [0, 0.1) is 11.8 Å². The summed E-state index contributed by atoms with van der Waals surface area (Å²) in [4.78, 5) is 4.22. The van der Waals surface area contributed by atoms with Gasteiger partial charge in [0.15, 0.2) is 5.01 Å². The van der Waals surface area contributed by atoms with Crippen LogP contribution in [0.3, 0.4) is 0 Å². The molecule has 0 saturated heterocycles. The lowest BCUT2D eigenvalue weighted by atomic mass is 10.1. The smallest absolute Gasteiger partial charge is 0.309 e. The number of halogens is 3. The highest BCUT2D eigenvalue weighted by Gasteiger charge is 2.42. The van der Waals surface area contributed by atoms with Crippen LogP contribution in [-0.4, -0.2) is 11.5 Å². The van der Waals surface area contributed by atoms with Gasteiger partial charge in [-0.25, -0.2) is 4.98 Å². The molecule has 1 fully saturated rings. The zero-order valence-corrected chi connectivity index (χ0v) is 11.2. The molecule has 3 unspecified atom stereocenters. The van der Waals surface area contributed by atoms with Gasteiger partial charge in [0.25, 0.3) is 0 Å². The van der Waals surface area contributed by atoms with Crippen LogP contribution in [0.15, 0.2) is 6.20 Å². The van der Waals surface area contributed by atoms with E-state index in [0.717, 1.165) is 30.7 Å². The summed E-state index contributed by atoms with van der Waals surface area (Å²) >= 11 is 0.770. The number of rotatable bonds is 5. The lowest BCUT2D eigenvalue weighted by molar-refractivity contribution is -0.137. The fraction of sp³-hybridized carbons (Fsp3) is 0.750. The van der Waals surface area contributed by atoms with Crippen molar-refractivity contribution in [1.82, 2.24) is 10.3 Å². The second kappa shape index (κ2) is 5.17. The Morgan fingerprint density at radius 1 is 1.56 bits per heavy atom. The molecule has 0 bridgehead atoms. The molecule has 1 aliphatic rings. The zero-order chi connectivity index (χ0) is 13.3. The van der Waals surface area contributed by atoms with E-state index in [1.807, 2.05) is 6.92 Å². The van der Waals surface area contributed by atoms with E-state index < -0.39 is 11.2 Å². The van der Waals surface area contributed by atoms with Crippen LogP contribution in [-0.2, 0) is 6.18 Å². The minimum Gasteiger partial charge on any atom is -0.309 e. The van der Waals surface area contributed by atoms with Crippen LogP contribution in [0.1, 0.15) is 42.6 Å². The molecule has 0 amide bonds. The molecule has 1 N–H and O–H groups in total. The highest BCUT2D eigenvalue weighted by molar-refractivity contribution is 7.11. The van der Waals surface area contributed by atoms with Gasteiger partial charge in [-0.3, -0.25) is 0 Å². The Labute approximate surface area is 109 Å². The van der Waals surface area contributed by atoms with Crippen molar-refractivity contribution in [3.63, 3.8) is 0 Å². The maximum absolute atomic E-state index is 12.5. The monoisotopic (exact) mass is 278 g/mol. The third-order valence-electron chi connectivity index (χ3n) is 3.29. The molecule has 6 heteroatoms. The standard InChI is InChI=1S/C12H17F3N2S/c1-3-4-16-10(8-5-7(8)2)9-6-17-11(18-9)12(13,14)15/h6-8,10,16H,3-5H2,1-2H3. The second-order valence-electron chi connectivity index (χ2n) is 4.87. The van der Waals surface area contributed by atoms with Crippen LogP contribution in [0.5, 0.6) is 0 Å². The maximum Gasteiger partial charge on any atom is 0.443 e. The number of aromatic nitrogens is 1. The molecule has 0 spiro atoms. The molecule has 2 rings (SSSR count). The lowest BCUT2D eigenvalue weighted by Gasteiger charge is -2.16. The number of thiazole rings is 1. The van der Waals surface area contributed by atoms with Gasteiger partial charge >= 0.3 is 6.18 Å². The predicted octanol–water partition coefficient (Wildman–Crippen LogP) is 3.86. The van der Waals surface area contributed by atoms with Crippen LogP contribution < -0.4 is 5.32 Å². The molecule has 18 heavy (non-hydrogen) atoms. The van der Waals surface area contributed by atoms with Crippen molar-refractivity contribution >= 4 is 11.3 Å². The first-order chi connectivity index (χ1) is 8.43. The SMILES string of the molecule is CCCNC(c1cnc(C(F)(F)F)s1)C1CC1C. The molecule has 1 saturated carbocycles. The summed E-state index contributed by atoms with van der Waals surface area (Å²) in [6.07, 6.45) is -0.886. The van der Waals surface area contributed by atoms with Crippen molar-refractivity contribution in [3.8, 4) is 0 Å². The summed E-state index contributed by atoms with van der Waals surface area (Å²) in [6, 6.07) is 0.0357. The van der Waals surface area contributed by atoms with Crippen molar-refractivity contribution in [2.24, 2.45) is 11.8 Å². The molecule has 102 valence electrons. The van der Waals surface area contributed by atoms with Crippen molar-refractivity contribution < 1.29 is 13.2 Å². The largest absolute Gasteiger partial charge is 0.443 e. The third-order valence-corrected chi connectivity index (χ3v) is 4.41. The van der Waals surface area contributed by atoms with Gasteiger partial charge in [-0.2, -0.15) is 13.2 Å². The van der Waals surface area contributed by atoms with E-state index in [0.29, 0.717) is 16.7 Å². The van der Waals surface area contributed by atoms with Gasteiger partial charge in [-0.05, 0) is 31.2 Å². The Balaban J connectivity index is 2.12. The van der Waals surface area contributed by atoms with E-state index >= 15 is 0 Å². The molecule has 0 aromatic carbocycles. The molecule has 0 aliphatic heterocycles.